The van der Waals surface area contributed by atoms with Crippen LogP contribution in [-0.4, -0.2) is 27.3 Å². The molecule has 6 nitrogen and oxygen atoms in total. The molecule has 0 aliphatic rings. The van der Waals surface area contributed by atoms with Crippen molar-refractivity contribution in [2.24, 2.45) is 7.05 Å². The van der Waals surface area contributed by atoms with Gasteiger partial charge in [-0.2, -0.15) is 5.10 Å². The number of ether oxygens (including phenoxy) is 1. The minimum atomic E-state index is -0.376. The lowest BCUT2D eigenvalue weighted by atomic mass is 10.1. The largest absolute Gasteiger partial charge is 0.462 e. The molecule has 0 aliphatic heterocycles. The van der Waals surface area contributed by atoms with Crippen LogP contribution in [0.1, 0.15) is 22.8 Å². The highest BCUT2D eigenvalue weighted by Crippen LogP contribution is 2.27. The fourth-order valence-corrected chi connectivity index (χ4v) is 2.45. The average molecular weight is 310 g/mol. The fraction of sp³-hybridized carbons (Fsp3) is 0.235. The Hall–Kier alpha value is -2.89. The van der Waals surface area contributed by atoms with Gasteiger partial charge in [-0.3, -0.25) is 9.67 Å². The van der Waals surface area contributed by atoms with E-state index in [0.29, 0.717) is 18.7 Å². The number of carbonyl (C=O) groups is 1. The molecule has 0 radical (unpaired) electrons. The Morgan fingerprint density at radius 3 is 2.87 bits per heavy atom. The maximum absolute atomic E-state index is 12.2. The number of nitrogens with zero attached hydrogens (tertiary/aromatic N) is 3. The summed E-state index contributed by atoms with van der Waals surface area (Å²) < 4.78 is 6.88. The molecule has 118 valence electrons. The minimum Gasteiger partial charge on any atom is -0.462 e. The maximum atomic E-state index is 12.2. The second-order valence-corrected chi connectivity index (χ2v) is 5.16. The van der Waals surface area contributed by atoms with Crippen molar-refractivity contribution in [3.8, 4) is 0 Å². The number of benzene rings is 1. The Bertz CT molecular complexity index is 841. The van der Waals surface area contributed by atoms with Crippen LogP contribution >= 0.6 is 0 Å². The lowest BCUT2D eigenvalue weighted by Crippen LogP contribution is -2.11. The van der Waals surface area contributed by atoms with Crippen molar-refractivity contribution < 1.29 is 9.53 Å². The molecule has 1 N–H and O–H groups in total. The second kappa shape index (κ2) is 6.48. The Morgan fingerprint density at radius 1 is 1.30 bits per heavy atom. The Balaban J connectivity index is 1.99. The summed E-state index contributed by atoms with van der Waals surface area (Å²) in [6.45, 7) is 2.68. The zero-order valence-corrected chi connectivity index (χ0v) is 13.1. The Morgan fingerprint density at radius 2 is 2.13 bits per heavy atom. The number of carbonyl (C=O) groups excluding carboxylic acids is 1. The summed E-state index contributed by atoms with van der Waals surface area (Å²) in [6, 6.07) is 7.70. The summed E-state index contributed by atoms with van der Waals surface area (Å²) in [5.74, 6) is -0.376. The van der Waals surface area contributed by atoms with E-state index in [0.717, 1.165) is 22.2 Å². The third-order valence-corrected chi connectivity index (χ3v) is 3.50. The number of rotatable bonds is 5. The zero-order valence-electron chi connectivity index (χ0n) is 13.1. The van der Waals surface area contributed by atoms with E-state index < -0.39 is 0 Å². The molecule has 0 aliphatic carbocycles. The number of nitrogens with one attached hydrogen (secondary N) is 1. The number of aromatic nitrogens is 3. The Kier molecular flexibility index (Phi) is 4.23. The molecule has 6 heteroatoms. The first-order valence-corrected chi connectivity index (χ1v) is 7.45. The van der Waals surface area contributed by atoms with Crippen LogP contribution in [0.2, 0.25) is 0 Å². The molecule has 3 rings (SSSR count). The molecule has 3 aromatic rings. The van der Waals surface area contributed by atoms with Crippen LogP contribution in [0, 0.1) is 0 Å². The standard InChI is InChI=1S/C17H18N4O2/c1-3-23-17(22)14-10-18-15-7-5-4-6-13(15)16(14)19-8-12-9-20-21(2)11-12/h4-7,9-11H,3,8H2,1-2H3,(H,18,19). The van der Waals surface area contributed by atoms with Crippen LogP contribution in [-0.2, 0) is 18.3 Å². The predicted molar refractivity (Wildman–Crippen MR) is 88.2 cm³/mol. The Labute approximate surface area is 134 Å². The van der Waals surface area contributed by atoms with Crippen molar-refractivity contribution in [3.05, 3.63) is 54.0 Å². The molecule has 0 unspecified atom stereocenters. The highest BCUT2D eigenvalue weighted by Gasteiger charge is 2.16. The van der Waals surface area contributed by atoms with E-state index in [9.17, 15) is 4.79 Å². The third-order valence-electron chi connectivity index (χ3n) is 3.50. The van der Waals surface area contributed by atoms with E-state index in [2.05, 4.69) is 15.4 Å². The first kappa shape index (κ1) is 15.0. The maximum Gasteiger partial charge on any atom is 0.341 e. The lowest BCUT2D eigenvalue weighted by molar-refractivity contribution is 0.0527. The highest BCUT2D eigenvalue weighted by molar-refractivity contribution is 6.04. The first-order valence-electron chi connectivity index (χ1n) is 7.45. The zero-order chi connectivity index (χ0) is 16.2. The van der Waals surface area contributed by atoms with Gasteiger partial charge in [0, 0.05) is 36.9 Å². The normalized spacial score (nSPS) is 10.7. The summed E-state index contributed by atoms with van der Waals surface area (Å²) in [6.07, 6.45) is 5.28. The van der Waals surface area contributed by atoms with Gasteiger partial charge in [-0.1, -0.05) is 18.2 Å². The molecule has 0 saturated heterocycles. The van der Waals surface area contributed by atoms with E-state index >= 15 is 0 Å². The lowest BCUT2D eigenvalue weighted by Gasteiger charge is -2.13. The van der Waals surface area contributed by atoms with Gasteiger partial charge in [-0.05, 0) is 13.0 Å². The number of anilines is 1. The van der Waals surface area contributed by atoms with Gasteiger partial charge in [0.15, 0.2) is 0 Å². The molecule has 0 saturated carbocycles. The van der Waals surface area contributed by atoms with E-state index in [1.807, 2.05) is 37.5 Å². The van der Waals surface area contributed by atoms with Crippen molar-refractivity contribution in [2.45, 2.75) is 13.5 Å². The van der Waals surface area contributed by atoms with Crippen molar-refractivity contribution in [1.82, 2.24) is 14.8 Å². The summed E-state index contributed by atoms with van der Waals surface area (Å²) in [5.41, 5.74) is 3.03. The van der Waals surface area contributed by atoms with Gasteiger partial charge >= 0.3 is 5.97 Å². The third kappa shape index (κ3) is 3.15. The van der Waals surface area contributed by atoms with Crippen LogP contribution < -0.4 is 5.32 Å². The highest BCUT2D eigenvalue weighted by atomic mass is 16.5. The fourth-order valence-electron chi connectivity index (χ4n) is 2.45. The van der Waals surface area contributed by atoms with Crippen molar-refractivity contribution in [3.63, 3.8) is 0 Å². The number of fused-ring (bicyclic) bond motifs is 1. The second-order valence-electron chi connectivity index (χ2n) is 5.16. The molecule has 23 heavy (non-hydrogen) atoms. The summed E-state index contributed by atoms with van der Waals surface area (Å²) in [5, 5.41) is 8.37. The van der Waals surface area contributed by atoms with Gasteiger partial charge in [0.2, 0.25) is 0 Å². The molecule has 2 aromatic heterocycles. The average Bonchev–Trinajstić information content (AvgIpc) is 2.98. The molecule has 0 amide bonds. The van der Waals surface area contributed by atoms with E-state index in [4.69, 9.17) is 4.74 Å². The smallest absolute Gasteiger partial charge is 0.341 e. The van der Waals surface area contributed by atoms with Crippen LogP contribution in [0.5, 0.6) is 0 Å². The SMILES string of the molecule is CCOC(=O)c1cnc2ccccc2c1NCc1cnn(C)c1. The van der Waals surface area contributed by atoms with Crippen LogP contribution in [0.15, 0.2) is 42.9 Å². The molecule has 0 atom stereocenters. The van der Waals surface area contributed by atoms with Gasteiger partial charge in [0.1, 0.15) is 5.56 Å². The molecular weight excluding hydrogens is 292 g/mol. The number of pyridine rings is 1. The molecule has 1 aromatic carbocycles. The van der Waals surface area contributed by atoms with Crippen LogP contribution in [0.3, 0.4) is 0 Å². The molecule has 0 bridgehead atoms. The summed E-state index contributed by atoms with van der Waals surface area (Å²) in [4.78, 5) is 16.6. The topological polar surface area (TPSA) is 69.0 Å². The first-order chi connectivity index (χ1) is 11.2. The molecule has 2 heterocycles. The van der Waals surface area contributed by atoms with Crippen LogP contribution in [0.25, 0.3) is 10.9 Å². The number of esters is 1. The quantitative estimate of drug-likeness (QED) is 0.734. The predicted octanol–water partition coefficient (Wildman–Crippen LogP) is 2.76. The minimum absolute atomic E-state index is 0.327. The van der Waals surface area contributed by atoms with Gasteiger partial charge in [0.05, 0.1) is 24.0 Å². The molecule has 0 fully saturated rings. The van der Waals surface area contributed by atoms with Crippen molar-refractivity contribution in [2.75, 3.05) is 11.9 Å². The molecular formula is C17H18N4O2. The van der Waals surface area contributed by atoms with Gasteiger partial charge in [-0.15, -0.1) is 0 Å². The summed E-state index contributed by atoms with van der Waals surface area (Å²) in [7, 11) is 1.87. The monoisotopic (exact) mass is 310 g/mol. The van der Waals surface area contributed by atoms with E-state index in [1.54, 1.807) is 24.0 Å². The van der Waals surface area contributed by atoms with Crippen molar-refractivity contribution >= 4 is 22.6 Å². The van der Waals surface area contributed by atoms with Crippen molar-refractivity contribution in [1.29, 1.82) is 0 Å². The van der Waals surface area contributed by atoms with Gasteiger partial charge in [-0.25, -0.2) is 4.79 Å². The number of hydrogen-bond donors (Lipinski definition) is 1. The van der Waals surface area contributed by atoms with Gasteiger partial charge < -0.3 is 10.1 Å². The summed E-state index contributed by atoms with van der Waals surface area (Å²) >= 11 is 0. The van der Waals surface area contributed by atoms with Gasteiger partial charge in [0.25, 0.3) is 0 Å². The number of para-hydroxylation sites is 1. The number of aryl methyl sites for hydroxylation is 1. The number of hydrogen-bond acceptors (Lipinski definition) is 5. The van der Waals surface area contributed by atoms with E-state index in [-0.39, 0.29) is 5.97 Å². The van der Waals surface area contributed by atoms with Crippen LogP contribution in [0.4, 0.5) is 5.69 Å². The van der Waals surface area contributed by atoms with E-state index in [1.165, 1.54) is 0 Å². The molecule has 0 spiro atoms.